The zero-order valence-corrected chi connectivity index (χ0v) is 7.30. The Bertz CT molecular complexity index is 94.9. The zero-order valence-electron chi connectivity index (χ0n) is 7.30. The molecule has 2 atom stereocenters. The van der Waals surface area contributed by atoms with Crippen LogP contribution in [0.4, 0.5) is 0 Å². The van der Waals surface area contributed by atoms with E-state index in [2.05, 4.69) is 32.9 Å². The molecular weight excluding hydrogens is 122 g/mol. The lowest BCUT2D eigenvalue weighted by Crippen LogP contribution is -2.23. The van der Waals surface area contributed by atoms with Crippen molar-refractivity contribution in [1.29, 1.82) is 0 Å². The molecule has 0 aromatic heterocycles. The van der Waals surface area contributed by atoms with Gasteiger partial charge in [0.25, 0.3) is 0 Å². The smallest absolute Gasteiger partial charge is 0.00390 e. The fourth-order valence-corrected chi connectivity index (χ4v) is 0.692. The summed E-state index contributed by atoms with van der Waals surface area (Å²) in [5, 5.41) is 0. The third-order valence-electron chi connectivity index (χ3n) is 1.81. The minimum absolute atomic E-state index is 0.321. The zero-order chi connectivity index (χ0) is 7.98. The Hall–Kier alpha value is -0.300. The second-order valence-corrected chi connectivity index (χ2v) is 2.95. The standard InChI is InChI=1S/C9H19N/c1-4-5-6-7-8(2)9(3)10/h5-6,8-9H,4,7,10H2,1-3H3/b6-5-. The Morgan fingerprint density at radius 2 is 1.90 bits per heavy atom. The van der Waals surface area contributed by atoms with Crippen LogP contribution in [0.5, 0.6) is 0 Å². The first-order chi connectivity index (χ1) is 4.68. The van der Waals surface area contributed by atoms with Crippen LogP contribution in [0.15, 0.2) is 12.2 Å². The minimum atomic E-state index is 0.321. The van der Waals surface area contributed by atoms with Gasteiger partial charge in [-0.1, -0.05) is 26.0 Å². The van der Waals surface area contributed by atoms with Crippen LogP contribution in [0.1, 0.15) is 33.6 Å². The molecule has 0 bridgehead atoms. The van der Waals surface area contributed by atoms with E-state index in [0.717, 1.165) is 12.8 Å². The molecule has 0 aromatic carbocycles. The first-order valence-electron chi connectivity index (χ1n) is 4.09. The first-order valence-corrected chi connectivity index (χ1v) is 4.09. The summed E-state index contributed by atoms with van der Waals surface area (Å²) in [7, 11) is 0. The summed E-state index contributed by atoms with van der Waals surface area (Å²) in [4.78, 5) is 0. The third-order valence-corrected chi connectivity index (χ3v) is 1.81. The van der Waals surface area contributed by atoms with Gasteiger partial charge < -0.3 is 5.73 Å². The van der Waals surface area contributed by atoms with Gasteiger partial charge in [-0.15, -0.1) is 0 Å². The molecule has 0 heterocycles. The molecule has 0 aliphatic carbocycles. The number of rotatable bonds is 4. The minimum Gasteiger partial charge on any atom is -0.328 e. The maximum atomic E-state index is 5.68. The molecule has 0 fully saturated rings. The highest BCUT2D eigenvalue weighted by Crippen LogP contribution is 2.06. The van der Waals surface area contributed by atoms with E-state index < -0.39 is 0 Å². The van der Waals surface area contributed by atoms with Crippen molar-refractivity contribution in [1.82, 2.24) is 0 Å². The van der Waals surface area contributed by atoms with Crippen LogP contribution in [-0.4, -0.2) is 6.04 Å². The topological polar surface area (TPSA) is 26.0 Å². The summed E-state index contributed by atoms with van der Waals surface area (Å²) in [6.07, 6.45) is 6.66. The monoisotopic (exact) mass is 141 g/mol. The molecule has 2 N–H and O–H groups in total. The van der Waals surface area contributed by atoms with E-state index >= 15 is 0 Å². The molecule has 0 aliphatic heterocycles. The molecular formula is C9H19N. The Kier molecular flexibility index (Phi) is 5.32. The summed E-state index contributed by atoms with van der Waals surface area (Å²) in [6, 6.07) is 0.321. The summed E-state index contributed by atoms with van der Waals surface area (Å²) in [6.45, 7) is 6.39. The fraction of sp³-hybridized carbons (Fsp3) is 0.778. The molecule has 10 heavy (non-hydrogen) atoms. The van der Waals surface area contributed by atoms with E-state index in [1.54, 1.807) is 0 Å². The van der Waals surface area contributed by atoms with Crippen LogP contribution < -0.4 is 5.73 Å². The average molecular weight is 141 g/mol. The summed E-state index contributed by atoms with van der Waals surface area (Å²) in [5.74, 6) is 0.614. The molecule has 0 radical (unpaired) electrons. The molecule has 0 amide bonds. The molecule has 0 rings (SSSR count). The second kappa shape index (κ2) is 5.48. The predicted molar refractivity (Wildman–Crippen MR) is 46.9 cm³/mol. The van der Waals surface area contributed by atoms with Gasteiger partial charge in [-0.2, -0.15) is 0 Å². The van der Waals surface area contributed by atoms with Crippen molar-refractivity contribution >= 4 is 0 Å². The number of allylic oxidation sites excluding steroid dienone is 2. The number of hydrogen-bond donors (Lipinski definition) is 1. The third kappa shape index (κ3) is 4.57. The normalized spacial score (nSPS) is 17.6. The molecule has 0 saturated heterocycles. The van der Waals surface area contributed by atoms with Gasteiger partial charge in [-0.05, 0) is 25.7 Å². The lowest BCUT2D eigenvalue weighted by Gasteiger charge is -2.11. The summed E-state index contributed by atoms with van der Waals surface area (Å²) >= 11 is 0. The van der Waals surface area contributed by atoms with E-state index in [9.17, 15) is 0 Å². The van der Waals surface area contributed by atoms with Crippen LogP contribution >= 0.6 is 0 Å². The van der Waals surface area contributed by atoms with E-state index in [0.29, 0.717) is 12.0 Å². The van der Waals surface area contributed by atoms with Crippen molar-refractivity contribution in [3.8, 4) is 0 Å². The Morgan fingerprint density at radius 3 is 2.30 bits per heavy atom. The van der Waals surface area contributed by atoms with Crippen LogP contribution in [0.2, 0.25) is 0 Å². The van der Waals surface area contributed by atoms with Crippen molar-refractivity contribution < 1.29 is 0 Å². The van der Waals surface area contributed by atoms with E-state index in [4.69, 9.17) is 5.73 Å². The van der Waals surface area contributed by atoms with Gasteiger partial charge in [0.2, 0.25) is 0 Å². The lowest BCUT2D eigenvalue weighted by molar-refractivity contribution is 0.489. The second-order valence-electron chi connectivity index (χ2n) is 2.95. The average Bonchev–Trinajstić information content (AvgIpc) is 1.88. The van der Waals surface area contributed by atoms with Crippen LogP contribution in [0.25, 0.3) is 0 Å². The molecule has 0 aromatic rings. The molecule has 1 nitrogen and oxygen atoms in total. The van der Waals surface area contributed by atoms with Gasteiger partial charge in [-0.3, -0.25) is 0 Å². The number of nitrogens with two attached hydrogens (primary N) is 1. The van der Waals surface area contributed by atoms with Crippen LogP contribution in [-0.2, 0) is 0 Å². The van der Waals surface area contributed by atoms with Gasteiger partial charge in [0.05, 0.1) is 0 Å². The first kappa shape index (κ1) is 9.70. The van der Waals surface area contributed by atoms with E-state index in [1.165, 1.54) is 0 Å². The Labute approximate surface area is 64.3 Å². The highest BCUT2D eigenvalue weighted by Gasteiger charge is 2.03. The lowest BCUT2D eigenvalue weighted by atomic mass is 10.0. The highest BCUT2D eigenvalue weighted by atomic mass is 14.6. The largest absolute Gasteiger partial charge is 0.328 e. The molecule has 0 spiro atoms. The molecule has 2 unspecified atom stereocenters. The van der Waals surface area contributed by atoms with Crippen molar-refractivity contribution in [2.45, 2.75) is 39.7 Å². The van der Waals surface area contributed by atoms with Gasteiger partial charge in [-0.25, -0.2) is 0 Å². The fourth-order valence-electron chi connectivity index (χ4n) is 0.692. The summed E-state index contributed by atoms with van der Waals surface area (Å²) < 4.78 is 0. The van der Waals surface area contributed by atoms with Crippen molar-refractivity contribution in [2.24, 2.45) is 11.7 Å². The number of hydrogen-bond acceptors (Lipinski definition) is 1. The van der Waals surface area contributed by atoms with Crippen LogP contribution in [0.3, 0.4) is 0 Å². The predicted octanol–water partition coefficient (Wildman–Crippen LogP) is 2.33. The SMILES string of the molecule is CC/C=C\CC(C)C(C)N. The molecule has 1 heteroatoms. The van der Waals surface area contributed by atoms with Crippen molar-refractivity contribution in [3.63, 3.8) is 0 Å². The Morgan fingerprint density at radius 1 is 1.30 bits per heavy atom. The van der Waals surface area contributed by atoms with Crippen LogP contribution in [0, 0.1) is 5.92 Å². The highest BCUT2D eigenvalue weighted by molar-refractivity contribution is 4.83. The molecule has 0 saturated carbocycles. The van der Waals surface area contributed by atoms with Gasteiger partial charge in [0.15, 0.2) is 0 Å². The van der Waals surface area contributed by atoms with Gasteiger partial charge in [0.1, 0.15) is 0 Å². The van der Waals surface area contributed by atoms with Crippen molar-refractivity contribution in [2.75, 3.05) is 0 Å². The maximum absolute atomic E-state index is 5.68. The maximum Gasteiger partial charge on any atom is 0.00390 e. The van der Waals surface area contributed by atoms with Gasteiger partial charge >= 0.3 is 0 Å². The van der Waals surface area contributed by atoms with Gasteiger partial charge in [0, 0.05) is 6.04 Å². The quantitative estimate of drug-likeness (QED) is 0.597. The molecule has 60 valence electrons. The Balaban J connectivity index is 3.38. The molecule has 0 aliphatic rings. The van der Waals surface area contributed by atoms with E-state index in [1.807, 2.05) is 0 Å². The van der Waals surface area contributed by atoms with E-state index in [-0.39, 0.29) is 0 Å². The van der Waals surface area contributed by atoms with Crippen molar-refractivity contribution in [3.05, 3.63) is 12.2 Å². The summed E-state index contributed by atoms with van der Waals surface area (Å²) in [5.41, 5.74) is 5.68.